The van der Waals surface area contributed by atoms with Crippen molar-refractivity contribution in [3.63, 3.8) is 0 Å². The van der Waals surface area contributed by atoms with E-state index >= 15 is 0 Å². The number of hydrogen-bond acceptors (Lipinski definition) is 10. The lowest BCUT2D eigenvalue weighted by atomic mass is 9.78. The van der Waals surface area contributed by atoms with E-state index in [0.29, 0.717) is 11.1 Å². The maximum Gasteiger partial charge on any atom is 0.339 e. The molecule has 12 nitrogen and oxygen atoms in total. The van der Waals surface area contributed by atoms with Gasteiger partial charge in [-0.3, -0.25) is 20.2 Å². The molecule has 0 aromatic heterocycles. The molecule has 4 rings (SSSR count). The summed E-state index contributed by atoms with van der Waals surface area (Å²) in [6.07, 6.45) is 0. The quantitative estimate of drug-likeness (QED) is 0.101. The number of hydrogen-bond donors (Lipinski definition) is 0. The third kappa shape index (κ3) is 6.88. The summed E-state index contributed by atoms with van der Waals surface area (Å²) in [5.74, 6) is -0.337. The van der Waals surface area contributed by atoms with Crippen LogP contribution in [0.25, 0.3) is 0 Å². The van der Waals surface area contributed by atoms with Crippen molar-refractivity contribution in [2.24, 2.45) is 0 Å². The fraction of sp³-hybridized carbons (Fsp3) is 0.111. The molecule has 0 aliphatic heterocycles. The summed E-state index contributed by atoms with van der Waals surface area (Å²) in [4.78, 5) is 19.8. The van der Waals surface area contributed by atoms with Crippen molar-refractivity contribution in [1.29, 1.82) is 0 Å². The van der Waals surface area contributed by atoms with Gasteiger partial charge in [-0.15, -0.1) is 0 Å². The van der Waals surface area contributed by atoms with E-state index in [0.717, 1.165) is 48.5 Å². The Morgan fingerprint density at radius 3 is 1.21 bits per heavy atom. The molecule has 4 aromatic carbocycles. The first kappa shape index (κ1) is 31.7. The molecule has 0 saturated heterocycles. The standard InChI is InChI=1S/C27H20Cl2N2O10S2/c1-27(2,17-3-13-25(23(28)15-17)40-42(36,37)21-9-5-19(6-10-21)30(32)33)18-4-14-26(24(29)16-18)41-43(38,39)22-11-7-20(8-12-22)31(34)35/h3-16H,1-2H3. The Morgan fingerprint density at radius 2 is 0.930 bits per heavy atom. The monoisotopic (exact) mass is 666 g/mol. The fourth-order valence-electron chi connectivity index (χ4n) is 3.88. The van der Waals surface area contributed by atoms with Crippen LogP contribution >= 0.6 is 23.2 Å². The second kappa shape index (κ2) is 11.8. The van der Waals surface area contributed by atoms with E-state index < -0.39 is 35.5 Å². The zero-order chi connectivity index (χ0) is 31.7. The van der Waals surface area contributed by atoms with Gasteiger partial charge in [-0.2, -0.15) is 16.8 Å². The molecule has 0 aliphatic rings. The molecule has 0 unspecified atom stereocenters. The van der Waals surface area contributed by atoms with Crippen LogP contribution in [0.2, 0.25) is 10.0 Å². The molecule has 0 radical (unpaired) electrons. The summed E-state index contributed by atoms with van der Waals surface area (Å²) in [6.45, 7) is 3.65. The Balaban J connectivity index is 1.54. The highest BCUT2D eigenvalue weighted by molar-refractivity contribution is 7.87. The summed E-state index contributed by atoms with van der Waals surface area (Å²) in [6, 6.07) is 17.2. The van der Waals surface area contributed by atoms with Crippen LogP contribution in [0, 0.1) is 20.2 Å². The summed E-state index contributed by atoms with van der Waals surface area (Å²) in [5.41, 5.74) is -0.0934. The topological polar surface area (TPSA) is 173 Å². The van der Waals surface area contributed by atoms with Gasteiger partial charge in [0.25, 0.3) is 11.4 Å². The van der Waals surface area contributed by atoms with E-state index in [-0.39, 0.29) is 42.7 Å². The molecule has 224 valence electrons. The van der Waals surface area contributed by atoms with Gasteiger partial charge in [-0.1, -0.05) is 49.2 Å². The van der Waals surface area contributed by atoms with Crippen LogP contribution in [0.3, 0.4) is 0 Å². The number of nitro groups is 2. The van der Waals surface area contributed by atoms with E-state index in [2.05, 4.69) is 0 Å². The Bertz CT molecular complexity index is 1810. The second-order valence-electron chi connectivity index (χ2n) is 9.49. The first-order valence-electron chi connectivity index (χ1n) is 12.0. The Kier molecular flexibility index (Phi) is 8.70. The third-order valence-corrected chi connectivity index (χ3v) is 9.47. The molecule has 4 aromatic rings. The number of halogens is 2. The van der Waals surface area contributed by atoms with Crippen LogP contribution in [-0.2, 0) is 25.7 Å². The molecule has 0 fully saturated rings. The lowest BCUT2D eigenvalue weighted by Crippen LogP contribution is -2.19. The van der Waals surface area contributed by atoms with Crippen LogP contribution in [0.1, 0.15) is 25.0 Å². The van der Waals surface area contributed by atoms with Crippen LogP contribution in [0.5, 0.6) is 11.5 Å². The molecule has 0 N–H and O–H groups in total. The van der Waals surface area contributed by atoms with E-state index in [1.807, 2.05) is 13.8 Å². The third-order valence-electron chi connectivity index (χ3n) is 6.38. The average molecular weight is 668 g/mol. The van der Waals surface area contributed by atoms with E-state index in [4.69, 9.17) is 31.6 Å². The normalized spacial score (nSPS) is 12.0. The summed E-state index contributed by atoms with van der Waals surface area (Å²) in [5, 5.41) is 21.6. The molecule has 16 heteroatoms. The van der Waals surface area contributed by atoms with Crippen molar-refractivity contribution in [3.8, 4) is 11.5 Å². The van der Waals surface area contributed by atoms with Crippen molar-refractivity contribution in [3.05, 3.63) is 126 Å². The van der Waals surface area contributed by atoms with Crippen molar-refractivity contribution in [2.45, 2.75) is 29.1 Å². The van der Waals surface area contributed by atoms with Gasteiger partial charge in [-0.05, 0) is 59.7 Å². The van der Waals surface area contributed by atoms with Crippen LogP contribution in [-0.4, -0.2) is 26.7 Å². The van der Waals surface area contributed by atoms with Crippen LogP contribution in [0.4, 0.5) is 11.4 Å². The van der Waals surface area contributed by atoms with Gasteiger partial charge in [0.05, 0.1) is 19.9 Å². The van der Waals surface area contributed by atoms with Gasteiger partial charge in [0.2, 0.25) is 0 Å². The Labute approximate surface area is 256 Å². The molecule has 0 heterocycles. The van der Waals surface area contributed by atoms with E-state index in [1.54, 1.807) is 12.1 Å². The predicted molar refractivity (Wildman–Crippen MR) is 157 cm³/mol. The molecule has 0 atom stereocenters. The number of nitro benzene ring substituents is 2. The first-order valence-corrected chi connectivity index (χ1v) is 15.6. The van der Waals surface area contributed by atoms with Gasteiger partial charge in [0.15, 0.2) is 11.5 Å². The van der Waals surface area contributed by atoms with Crippen LogP contribution < -0.4 is 8.37 Å². The summed E-state index contributed by atoms with van der Waals surface area (Å²) < 4.78 is 61.1. The number of nitrogens with zero attached hydrogens (tertiary/aromatic N) is 2. The smallest absolute Gasteiger partial charge is 0.339 e. The molecule has 43 heavy (non-hydrogen) atoms. The minimum Gasteiger partial charge on any atom is -0.377 e. The largest absolute Gasteiger partial charge is 0.377 e. The minimum absolute atomic E-state index is 0.0312. The number of non-ortho nitro benzene ring substituents is 2. The Morgan fingerprint density at radius 1 is 0.605 bits per heavy atom. The number of benzene rings is 4. The minimum atomic E-state index is -4.35. The van der Waals surface area contributed by atoms with Gasteiger partial charge in [-0.25, -0.2) is 0 Å². The second-order valence-corrected chi connectivity index (χ2v) is 13.4. The molecule has 0 saturated carbocycles. The predicted octanol–water partition coefficient (Wildman–Crippen LogP) is 6.67. The highest BCUT2D eigenvalue weighted by Gasteiger charge is 2.28. The Hall–Kier alpha value is -4.24. The van der Waals surface area contributed by atoms with Crippen LogP contribution in [0.15, 0.2) is 94.7 Å². The van der Waals surface area contributed by atoms with Gasteiger partial charge < -0.3 is 8.37 Å². The maximum atomic E-state index is 12.7. The summed E-state index contributed by atoms with van der Waals surface area (Å²) >= 11 is 12.7. The van der Waals surface area contributed by atoms with E-state index in [9.17, 15) is 37.1 Å². The molecular weight excluding hydrogens is 647 g/mol. The SMILES string of the molecule is CC(C)(c1ccc(OS(=O)(=O)c2ccc([N+](=O)[O-])cc2)c(Cl)c1)c1ccc(OS(=O)(=O)c2ccc([N+](=O)[O-])cc2)c(Cl)c1. The average Bonchev–Trinajstić information content (AvgIpc) is 2.95. The van der Waals surface area contributed by atoms with Crippen molar-refractivity contribution in [1.82, 2.24) is 0 Å². The lowest BCUT2D eigenvalue weighted by molar-refractivity contribution is -0.385. The highest BCUT2D eigenvalue weighted by atomic mass is 35.5. The molecule has 0 amide bonds. The lowest BCUT2D eigenvalue weighted by Gasteiger charge is -2.27. The first-order chi connectivity index (χ1) is 20.0. The van der Waals surface area contributed by atoms with Gasteiger partial charge in [0.1, 0.15) is 9.79 Å². The zero-order valence-corrected chi connectivity index (χ0v) is 25.3. The summed E-state index contributed by atoms with van der Waals surface area (Å²) in [7, 11) is -8.70. The number of rotatable bonds is 10. The van der Waals surface area contributed by atoms with Crippen molar-refractivity contribution >= 4 is 54.8 Å². The van der Waals surface area contributed by atoms with Crippen molar-refractivity contribution < 1.29 is 35.0 Å². The zero-order valence-electron chi connectivity index (χ0n) is 22.1. The molecular formula is C27H20Cl2N2O10S2. The molecule has 0 bridgehead atoms. The van der Waals surface area contributed by atoms with Gasteiger partial charge in [0, 0.05) is 29.7 Å². The molecule has 0 aliphatic carbocycles. The van der Waals surface area contributed by atoms with E-state index in [1.165, 1.54) is 24.3 Å². The molecule has 0 spiro atoms. The van der Waals surface area contributed by atoms with Gasteiger partial charge >= 0.3 is 20.2 Å². The fourth-order valence-corrected chi connectivity index (χ4v) is 6.31. The highest BCUT2D eigenvalue weighted by Crippen LogP contribution is 2.39. The maximum absolute atomic E-state index is 12.7. The van der Waals surface area contributed by atoms with Crippen molar-refractivity contribution in [2.75, 3.05) is 0 Å².